The lowest BCUT2D eigenvalue weighted by molar-refractivity contribution is -0.161. The van der Waals surface area contributed by atoms with Gasteiger partial charge in [-0.25, -0.2) is 9.13 Å². The van der Waals surface area contributed by atoms with Crippen LogP contribution in [0.25, 0.3) is 0 Å². The van der Waals surface area contributed by atoms with Crippen LogP contribution < -0.4 is 0 Å². The summed E-state index contributed by atoms with van der Waals surface area (Å²) in [6.07, 6.45) is 109. The van der Waals surface area contributed by atoms with Gasteiger partial charge in [0.05, 0.1) is 26.4 Å². The van der Waals surface area contributed by atoms with Gasteiger partial charge in [0.2, 0.25) is 0 Å². The molecule has 0 radical (unpaired) electrons. The number of carbonyl (C=O) groups excluding carboxylic acids is 3. The van der Waals surface area contributed by atoms with E-state index in [2.05, 4.69) is 130 Å². The molecule has 0 bridgehead atoms. The first-order chi connectivity index (χ1) is 56.2. The standard InChI is InChI=1S/C97H174O16P2/c1-4-7-10-13-16-19-22-25-28-30-32-34-36-38-40-42-43-44-45-46-47-49-51-52-54-56-58-60-63-65-68-71-74-77-80-83-95(100)107-86-92(98)87-109-114(103,104)110-88-93(99)89-111-115(105,106)112-91-94(113-97(102)85-82-79-76-73-70-67-62-27-24-21-18-15-12-9-6-3)90-108-96(101)84-81-78-75-72-69-66-64-61-59-57-55-53-50-48-41-39-37-35-33-31-29-26-23-20-17-14-11-8-5-2/h8,11,16-17,19-20,25-26,28-29,32-35,38-41,92-94,98-99H,4-7,9-10,12-15,18,21-24,27,30-31,36-37,42-91H2,1-3H3,(H,103,104)(H,105,106)/b11-8-,19-16-,20-17-,28-25-,29-26-,34-32-,35-33-,40-38-,41-39-. The molecule has 0 aromatic heterocycles. The van der Waals surface area contributed by atoms with Crippen molar-refractivity contribution in [1.29, 1.82) is 0 Å². The molecule has 0 amide bonds. The number of allylic oxidation sites excluding steroid dienone is 18. The summed E-state index contributed by atoms with van der Waals surface area (Å²) in [5.74, 6) is -1.55. The zero-order valence-corrected chi connectivity index (χ0v) is 75.5. The summed E-state index contributed by atoms with van der Waals surface area (Å²) >= 11 is 0. The van der Waals surface area contributed by atoms with Gasteiger partial charge in [-0.05, 0) is 109 Å². The molecule has 5 atom stereocenters. The first kappa shape index (κ1) is 111. The molecular weight excluding hydrogens is 1480 g/mol. The SMILES string of the molecule is CC/C=C\C/C=C\C/C=C\C/C=C\C/C=C\CCCCCCCCCCCCCCCC(=O)OCC(COP(=O)(O)OCC(O)COP(=O)(O)OCC(O)COC(=O)CCCCCCCCCCCCCCCCCCCCC/C=C\C/C=C\C/C=C\C/C=C\CCCCC)OC(=O)CCCCCCCCCCCCCCCCC. The van der Waals surface area contributed by atoms with E-state index >= 15 is 0 Å². The first-order valence-electron chi connectivity index (χ1n) is 47.2. The number of rotatable bonds is 90. The molecule has 18 heteroatoms. The number of phosphoric ester groups is 2. The molecule has 668 valence electrons. The van der Waals surface area contributed by atoms with Crippen molar-refractivity contribution in [1.82, 2.24) is 0 Å². The van der Waals surface area contributed by atoms with Gasteiger partial charge in [-0.3, -0.25) is 32.5 Å². The Kier molecular flexibility index (Phi) is 86.5. The Bertz CT molecular complexity index is 2520. The van der Waals surface area contributed by atoms with Crippen LogP contribution in [0.2, 0.25) is 0 Å². The molecule has 0 heterocycles. The summed E-state index contributed by atoms with van der Waals surface area (Å²) in [5.41, 5.74) is 0. The summed E-state index contributed by atoms with van der Waals surface area (Å²) in [7, 11) is -9.79. The zero-order chi connectivity index (χ0) is 83.6. The van der Waals surface area contributed by atoms with Gasteiger partial charge in [0.25, 0.3) is 0 Å². The number of aliphatic hydroxyl groups is 2. The molecule has 0 saturated heterocycles. The van der Waals surface area contributed by atoms with Crippen LogP contribution in [0.15, 0.2) is 109 Å². The molecule has 0 aromatic rings. The van der Waals surface area contributed by atoms with Crippen molar-refractivity contribution in [3.8, 4) is 0 Å². The van der Waals surface area contributed by atoms with Crippen LogP contribution in [0.5, 0.6) is 0 Å². The normalized spacial score (nSPS) is 14.3. The van der Waals surface area contributed by atoms with E-state index in [0.717, 1.165) is 122 Å². The molecule has 0 aliphatic rings. The highest BCUT2D eigenvalue weighted by Crippen LogP contribution is 2.45. The van der Waals surface area contributed by atoms with Crippen LogP contribution in [-0.4, -0.2) is 95.9 Å². The second-order valence-corrected chi connectivity index (χ2v) is 34.7. The third-order valence-electron chi connectivity index (χ3n) is 20.5. The van der Waals surface area contributed by atoms with E-state index in [-0.39, 0.29) is 19.3 Å². The predicted octanol–water partition coefficient (Wildman–Crippen LogP) is 29.0. The molecule has 115 heavy (non-hydrogen) atoms. The zero-order valence-electron chi connectivity index (χ0n) is 73.7. The van der Waals surface area contributed by atoms with Crippen molar-refractivity contribution in [2.24, 2.45) is 0 Å². The quantitative estimate of drug-likeness (QED) is 0.0146. The summed E-state index contributed by atoms with van der Waals surface area (Å²) < 4.78 is 61.5. The molecular formula is C97H174O16P2. The Labute approximate surface area is 704 Å². The molecule has 0 aromatic carbocycles. The first-order valence-corrected chi connectivity index (χ1v) is 50.2. The van der Waals surface area contributed by atoms with Crippen molar-refractivity contribution >= 4 is 33.6 Å². The molecule has 0 aliphatic carbocycles. The largest absolute Gasteiger partial charge is 0.472 e. The highest BCUT2D eigenvalue weighted by molar-refractivity contribution is 7.47. The molecule has 0 aliphatic heterocycles. The number of esters is 3. The van der Waals surface area contributed by atoms with Crippen LogP contribution >= 0.6 is 15.6 Å². The number of hydrogen-bond donors (Lipinski definition) is 4. The van der Waals surface area contributed by atoms with Gasteiger partial charge in [-0.1, -0.05) is 413 Å². The minimum Gasteiger partial charge on any atom is -0.463 e. The third-order valence-corrected chi connectivity index (χ3v) is 22.4. The summed E-state index contributed by atoms with van der Waals surface area (Å²) in [4.78, 5) is 58.9. The predicted molar refractivity (Wildman–Crippen MR) is 482 cm³/mol. The minimum absolute atomic E-state index is 0.110. The maximum atomic E-state index is 13.0. The van der Waals surface area contributed by atoms with Gasteiger partial charge < -0.3 is 34.2 Å². The Morgan fingerprint density at radius 3 is 0.748 bits per heavy atom. The van der Waals surface area contributed by atoms with Crippen molar-refractivity contribution < 1.29 is 75.8 Å². The van der Waals surface area contributed by atoms with E-state index in [9.17, 15) is 43.5 Å². The van der Waals surface area contributed by atoms with Crippen LogP contribution in [-0.2, 0) is 55.8 Å². The average Bonchev–Trinajstić information content (AvgIpc) is 0.898. The highest BCUT2D eigenvalue weighted by atomic mass is 31.2. The van der Waals surface area contributed by atoms with E-state index < -0.39 is 91.5 Å². The average molecular weight is 1660 g/mol. The van der Waals surface area contributed by atoms with Crippen LogP contribution in [0.1, 0.15) is 432 Å². The van der Waals surface area contributed by atoms with E-state index in [0.29, 0.717) is 19.3 Å². The van der Waals surface area contributed by atoms with Gasteiger partial charge in [0, 0.05) is 19.3 Å². The Morgan fingerprint density at radius 2 is 0.461 bits per heavy atom. The fraction of sp³-hybridized carbons (Fsp3) is 0.784. The van der Waals surface area contributed by atoms with Gasteiger partial charge in [0.15, 0.2) is 6.10 Å². The topological polar surface area (TPSA) is 231 Å². The number of hydrogen-bond acceptors (Lipinski definition) is 14. The fourth-order valence-corrected chi connectivity index (χ4v) is 14.9. The lowest BCUT2D eigenvalue weighted by Crippen LogP contribution is -2.30. The van der Waals surface area contributed by atoms with Crippen molar-refractivity contribution in [2.75, 3.05) is 39.6 Å². The van der Waals surface area contributed by atoms with Crippen LogP contribution in [0, 0.1) is 0 Å². The smallest absolute Gasteiger partial charge is 0.463 e. The number of phosphoric acid groups is 2. The highest BCUT2D eigenvalue weighted by Gasteiger charge is 2.30. The van der Waals surface area contributed by atoms with E-state index in [1.807, 2.05) is 0 Å². The molecule has 0 saturated carbocycles. The van der Waals surface area contributed by atoms with E-state index in [1.165, 1.54) is 250 Å². The second-order valence-electron chi connectivity index (χ2n) is 31.8. The van der Waals surface area contributed by atoms with Crippen molar-refractivity contribution in [3.05, 3.63) is 109 Å². The lowest BCUT2D eigenvalue weighted by Gasteiger charge is -2.21. The van der Waals surface area contributed by atoms with Gasteiger partial charge in [0.1, 0.15) is 25.4 Å². The number of ether oxygens (including phenoxy) is 3. The molecule has 4 N–H and O–H groups in total. The summed E-state index contributed by atoms with van der Waals surface area (Å²) in [6.45, 7) is 2.63. The monoisotopic (exact) mass is 1660 g/mol. The Morgan fingerprint density at radius 1 is 0.252 bits per heavy atom. The van der Waals surface area contributed by atoms with Crippen LogP contribution in [0.4, 0.5) is 0 Å². The van der Waals surface area contributed by atoms with Crippen molar-refractivity contribution in [3.63, 3.8) is 0 Å². The molecule has 0 rings (SSSR count). The maximum absolute atomic E-state index is 13.0. The van der Waals surface area contributed by atoms with Gasteiger partial charge in [-0.2, -0.15) is 0 Å². The van der Waals surface area contributed by atoms with E-state index in [1.54, 1.807) is 0 Å². The van der Waals surface area contributed by atoms with Crippen LogP contribution in [0.3, 0.4) is 0 Å². The molecule has 0 fully saturated rings. The minimum atomic E-state index is -4.93. The lowest BCUT2D eigenvalue weighted by atomic mass is 10.0. The number of aliphatic hydroxyl groups excluding tert-OH is 2. The Hall–Kier alpha value is -3.79. The van der Waals surface area contributed by atoms with Gasteiger partial charge >= 0.3 is 33.6 Å². The second kappa shape index (κ2) is 89.5. The van der Waals surface area contributed by atoms with Crippen molar-refractivity contribution in [2.45, 2.75) is 450 Å². The molecule has 16 nitrogen and oxygen atoms in total. The number of unbranched alkanes of at least 4 members (excludes halogenated alkanes) is 49. The molecule has 0 spiro atoms. The Balaban J connectivity index is 4.40. The summed E-state index contributed by atoms with van der Waals surface area (Å²) in [5, 5.41) is 20.7. The molecule has 5 unspecified atom stereocenters. The summed E-state index contributed by atoms with van der Waals surface area (Å²) in [6, 6.07) is 0. The number of carbonyl (C=O) groups is 3. The van der Waals surface area contributed by atoms with E-state index in [4.69, 9.17) is 32.3 Å². The third kappa shape index (κ3) is 90.8. The van der Waals surface area contributed by atoms with Gasteiger partial charge in [-0.15, -0.1) is 0 Å². The fourth-order valence-electron chi connectivity index (χ4n) is 13.4. The maximum Gasteiger partial charge on any atom is 0.472 e.